The maximum Gasteiger partial charge on any atom is 0.127 e. The molecule has 1 aliphatic heterocycles. The lowest BCUT2D eigenvalue weighted by atomic mass is 10.1. The lowest BCUT2D eigenvalue weighted by Gasteiger charge is -2.26. The number of ether oxygens (including phenoxy) is 2. The third kappa shape index (κ3) is 3.01. The highest BCUT2D eigenvalue weighted by molar-refractivity contribution is 5.42. The van der Waals surface area contributed by atoms with E-state index in [1.54, 1.807) is 14.2 Å². The van der Waals surface area contributed by atoms with Gasteiger partial charge in [-0.2, -0.15) is 0 Å². The van der Waals surface area contributed by atoms with Gasteiger partial charge in [-0.25, -0.2) is 0 Å². The fourth-order valence-electron chi connectivity index (χ4n) is 2.73. The third-order valence-electron chi connectivity index (χ3n) is 4.07. The monoisotopic (exact) mass is 264 g/mol. The summed E-state index contributed by atoms with van der Waals surface area (Å²) in [5.41, 5.74) is 1.22. The van der Waals surface area contributed by atoms with Gasteiger partial charge >= 0.3 is 0 Å². The molecular weight excluding hydrogens is 240 g/mol. The number of likely N-dealkylation sites (N-methyl/N-ethyl adjacent to an activating group) is 1. The number of nitrogens with one attached hydrogen (secondary N) is 1. The molecule has 1 N–H and O–H groups in total. The molecule has 2 unspecified atom stereocenters. The molecule has 0 saturated carbocycles. The maximum atomic E-state index is 5.50. The molecule has 0 aromatic heterocycles. The highest BCUT2D eigenvalue weighted by Crippen LogP contribution is 2.33. The molecule has 0 radical (unpaired) electrons. The Kier molecular flexibility index (Phi) is 4.66. The average Bonchev–Trinajstić information content (AvgIpc) is 2.94. The SMILES string of the molecule is CNC1CCN(C(C)c2ccc(OC)cc2OC)C1. The first-order valence-electron chi connectivity index (χ1n) is 6.82. The Morgan fingerprint density at radius 3 is 2.68 bits per heavy atom. The van der Waals surface area contributed by atoms with Crippen LogP contribution < -0.4 is 14.8 Å². The van der Waals surface area contributed by atoms with E-state index >= 15 is 0 Å². The predicted molar refractivity (Wildman–Crippen MR) is 77.0 cm³/mol. The van der Waals surface area contributed by atoms with Gasteiger partial charge in [-0.3, -0.25) is 4.90 Å². The second-order valence-electron chi connectivity index (χ2n) is 5.05. The molecule has 0 bridgehead atoms. The van der Waals surface area contributed by atoms with Crippen LogP contribution in [0.4, 0.5) is 0 Å². The van der Waals surface area contributed by atoms with Crippen molar-refractivity contribution in [2.75, 3.05) is 34.4 Å². The quantitative estimate of drug-likeness (QED) is 0.882. The van der Waals surface area contributed by atoms with E-state index < -0.39 is 0 Å². The molecule has 0 spiro atoms. The van der Waals surface area contributed by atoms with Crippen molar-refractivity contribution in [3.8, 4) is 11.5 Å². The van der Waals surface area contributed by atoms with E-state index in [1.807, 2.05) is 19.2 Å². The number of hydrogen-bond donors (Lipinski definition) is 1. The number of rotatable bonds is 5. The average molecular weight is 264 g/mol. The van der Waals surface area contributed by atoms with Crippen LogP contribution in [-0.2, 0) is 0 Å². The van der Waals surface area contributed by atoms with Crippen molar-refractivity contribution < 1.29 is 9.47 Å². The van der Waals surface area contributed by atoms with Crippen molar-refractivity contribution in [3.05, 3.63) is 23.8 Å². The van der Waals surface area contributed by atoms with Crippen LogP contribution in [0.1, 0.15) is 24.9 Å². The Morgan fingerprint density at radius 1 is 1.32 bits per heavy atom. The van der Waals surface area contributed by atoms with Crippen LogP contribution in [0.2, 0.25) is 0 Å². The van der Waals surface area contributed by atoms with E-state index in [0.29, 0.717) is 12.1 Å². The number of likely N-dealkylation sites (tertiary alicyclic amines) is 1. The second kappa shape index (κ2) is 6.26. The summed E-state index contributed by atoms with van der Waals surface area (Å²) in [7, 11) is 5.42. The molecule has 106 valence electrons. The molecule has 1 heterocycles. The van der Waals surface area contributed by atoms with Gasteiger partial charge in [-0.1, -0.05) is 6.07 Å². The maximum absolute atomic E-state index is 5.50. The van der Waals surface area contributed by atoms with Crippen molar-refractivity contribution in [2.45, 2.75) is 25.4 Å². The summed E-state index contributed by atoms with van der Waals surface area (Å²) < 4.78 is 10.7. The first-order chi connectivity index (χ1) is 9.19. The predicted octanol–water partition coefficient (Wildman–Crippen LogP) is 2.06. The van der Waals surface area contributed by atoms with E-state index in [4.69, 9.17) is 9.47 Å². The van der Waals surface area contributed by atoms with Crippen LogP contribution in [0.3, 0.4) is 0 Å². The Labute approximate surface area is 115 Å². The highest BCUT2D eigenvalue weighted by atomic mass is 16.5. The van der Waals surface area contributed by atoms with Gasteiger partial charge in [-0.15, -0.1) is 0 Å². The largest absolute Gasteiger partial charge is 0.497 e. The van der Waals surface area contributed by atoms with E-state index in [2.05, 4.69) is 23.2 Å². The minimum Gasteiger partial charge on any atom is -0.497 e. The van der Waals surface area contributed by atoms with Crippen molar-refractivity contribution >= 4 is 0 Å². The van der Waals surface area contributed by atoms with Gasteiger partial charge in [0.05, 0.1) is 14.2 Å². The van der Waals surface area contributed by atoms with Gasteiger partial charge in [0.2, 0.25) is 0 Å². The van der Waals surface area contributed by atoms with Crippen LogP contribution in [0.15, 0.2) is 18.2 Å². The molecule has 0 amide bonds. The Bertz CT molecular complexity index is 423. The Balaban J connectivity index is 2.16. The summed E-state index contributed by atoms with van der Waals surface area (Å²) in [6.07, 6.45) is 1.21. The standard InChI is InChI=1S/C15H24N2O2/c1-11(17-8-7-12(10-17)16-2)14-6-5-13(18-3)9-15(14)19-4/h5-6,9,11-12,16H,7-8,10H2,1-4H3. The second-order valence-corrected chi connectivity index (χ2v) is 5.05. The van der Waals surface area contributed by atoms with E-state index in [0.717, 1.165) is 24.6 Å². The number of hydrogen-bond acceptors (Lipinski definition) is 4. The molecule has 4 nitrogen and oxygen atoms in total. The Hall–Kier alpha value is -1.26. The van der Waals surface area contributed by atoms with Gasteiger partial charge < -0.3 is 14.8 Å². The molecule has 19 heavy (non-hydrogen) atoms. The Morgan fingerprint density at radius 2 is 2.11 bits per heavy atom. The minimum absolute atomic E-state index is 0.360. The fourth-order valence-corrected chi connectivity index (χ4v) is 2.73. The van der Waals surface area contributed by atoms with Crippen LogP contribution in [0, 0.1) is 0 Å². The molecule has 1 aromatic rings. The molecule has 0 aliphatic carbocycles. The molecule has 1 aliphatic rings. The molecule has 2 atom stereocenters. The first-order valence-corrected chi connectivity index (χ1v) is 6.82. The molecule has 1 aromatic carbocycles. The highest BCUT2D eigenvalue weighted by Gasteiger charge is 2.27. The number of benzene rings is 1. The number of nitrogens with zero attached hydrogens (tertiary/aromatic N) is 1. The van der Waals surface area contributed by atoms with Crippen molar-refractivity contribution in [3.63, 3.8) is 0 Å². The van der Waals surface area contributed by atoms with Crippen LogP contribution in [-0.4, -0.2) is 45.3 Å². The zero-order valence-corrected chi connectivity index (χ0v) is 12.3. The fraction of sp³-hybridized carbons (Fsp3) is 0.600. The third-order valence-corrected chi connectivity index (χ3v) is 4.07. The summed E-state index contributed by atoms with van der Waals surface area (Å²) in [5, 5.41) is 3.35. The summed E-state index contributed by atoms with van der Waals surface area (Å²) >= 11 is 0. The van der Waals surface area contributed by atoms with E-state index in [-0.39, 0.29) is 0 Å². The zero-order valence-electron chi connectivity index (χ0n) is 12.3. The normalized spacial score (nSPS) is 21.4. The molecule has 1 saturated heterocycles. The van der Waals surface area contributed by atoms with Crippen LogP contribution in [0.25, 0.3) is 0 Å². The van der Waals surface area contributed by atoms with Crippen molar-refractivity contribution in [1.82, 2.24) is 10.2 Å². The van der Waals surface area contributed by atoms with Crippen LogP contribution in [0.5, 0.6) is 11.5 Å². The van der Waals surface area contributed by atoms with Crippen LogP contribution >= 0.6 is 0 Å². The summed E-state index contributed by atoms with van der Waals surface area (Å²) in [6.45, 7) is 4.46. The molecule has 2 rings (SSSR count). The molecule has 4 heteroatoms. The van der Waals surface area contributed by atoms with Gasteiger partial charge in [0.1, 0.15) is 11.5 Å². The van der Waals surface area contributed by atoms with E-state index in [1.165, 1.54) is 12.0 Å². The lowest BCUT2D eigenvalue weighted by Crippen LogP contribution is -2.31. The van der Waals surface area contributed by atoms with Gasteiger partial charge in [0.15, 0.2) is 0 Å². The molecular formula is C15H24N2O2. The first kappa shape index (κ1) is 14.2. The van der Waals surface area contributed by atoms with Gasteiger partial charge in [0, 0.05) is 36.8 Å². The van der Waals surface area contributed by atoms with Gasteiger partial charge in [0.25, 0.3) is 0 Å². The van der Waals surface area contributed by atoms with Crippen molar-refractivity contribution in [2.24, 2.45) is 0 Å². The summed E-state index contributed by atoms with van der Waals surface area (Å²) in [4.78, 5) is 2.49. The topological polar surface area (TPSA) is 33.7 Å². The number of methoxy groups -OCH3 is 2. The lowest BCUT2D eigenvalue weighted by molar-refractivity contribution is 0.250. The molecule has 1 fully saturated rings. The van der Waals surface area contributed by atoms with Gasteiger partial charge in [-0.05, 0) is 26.5 Å². The van der Waals surface area contributed by atoms with E-state index in [9.17, 15) is 0 Å². The summed E-state index contributed by atoms with van der Waals surface area (Å²) in [5.74, 6) is 1.74. The van der Waals surface area contributed by atoms with Crippen molar-refractivity contribution in [1.29, 1.82) is 0 Å². The summed E-state index contributed by atoms with van der Waals surface area (Å²) in [6, 6.07) is 7.03. The zero-order chi connectivity index (χ0) is 13.8. The minimum atomic E-state index is 0.360. The smallest absolute Gasteiger partial charge is 0.127 e.